The monoisotopic (exact) mass is 234 g/mol. The summed E-state index contributed by atoms with van der Waals surface area (Å²) in [4.78, 5) is 0. The summed E-state index contributed by atoms with van der Waals surface area (Å²) < 4.78 is 13.1. The summed E-state index contributed by atoms with van der Waals surface area (Å²) in [5, 5.41) is 10.3. The summed E-state index contributed by atoms with van der Waals surface area (Å²) in [5.41, 5.74) is 0.917. The van der Waals surface area contributed by atoms with E-state index in [1.54, 1.807) is 6.07 Å². The smallest absolute Gasteiger partial charge is 0.123 e. The highest BCUT2D eigenvalue weighted by Gasteiger charge is 2.42. The van der Waals surface area contributed by atoms with Crippen LogP contribution in [0.2, 0.25) is 0 Å². The molecule has 1 aromatic carbocycles. The molecule has 0 spiro atoms. The van der Waals surface area contributed by atoms with E-state index >= 15 is 0 Å². The average Bonchev–Trinajstić information content (AvgIpc) is 2.90. The zero-order valence-corrected chi connectivity index (χ0v) is 9.98. The van der Waals surface area contributed by atoms with Crippen molar-refractivity contribution in [1.82, 2.24) is 0 Å². The van der Waals surface area contributed by atoms with E-state index in [0.29, 0.717) is 12.3 Å². The molecule has 2 saturated carbocycles. The summed E-state index contributed by atoms with van der Waals surface area (Å²) in [5.74, 6) is 1.83. The maximum absolute atomic E-state index is 13.1. The molecule has 2 heteroatoms. The van der Waals surface area contributed by atoms with Crippen molar-refractivity contribution >= 4 is 0 Å². The van der Waals surface area contributed by atoms with E-state index in [2.05, 4.69) is 0 Å². The predicted molar refractivity (Wildman–Crippen MR) is 65.0 cm³/mol. The maximum Gasteiger partial charge on any atom is 0.123 e. The number of benzene rings is 1. The van der Waals surface area contributed by atoms with Gasteiger partial charge in [0.25, 0.3) is 0 Å². The molecule has 4 unspecified atom stereocenters. The van der Waals surface area contributed by atoms with Crippen molar-refractivity contribution in [3.8, 4) is 0 Å². The molecule has 1 N–H and O–H groups in total. The molecule has 2 bridgehead atoms. The Morgan fingerprint density at radius 2 is 2.18 bits per heavy atom. The van der Waals surface area contributed by atoms with E-state index in [1.165, 1.54) is 37.8 Å². The Morgan fingerprint density at radius 3 is 2.82 bits per heavy atom. The molecule has 0 heterocycles. The molecule has 0 aliphatic heterocycles. The average molecular weight is 234 g/mol. The molecule has 92 valence electrons. The number of fused-ring (bicyclic) bond motifs is 2. The zero-order chi connectivity index (χ0) is 11.8. The first kappa shape index (κ1) is 11.2. The number of hydrogen-bond acceptors (Lipinski definition) is 1. The maximum atomic E-state index is 13.1. The van der Waals surface area contributed by atoms with Crippen LogP contribution in [0, 0.1) is 23.6 Å². The Kier molecular flexibility index (Phi) is 2.91. The summed E-state index contributed by atoms with van der Waals surface area (Å²) in [6.07, 6.45) is 5.45. The van der Waals surface area contributed by atoms with Gasteiger partial charge in [0.1, 0.15) is 5.82 Å². The third-order valence-electron chi connectivity index (χ3n) is 4.62. The Labute approximate surface area is 102 Å². The molecule has 17 heavy (non-hydrogen) atoms. The van der Waals surface area contributed by atoms with Crippen molar-refractivity contribution < 1.29 is 9.50 Å². The Balaban J connectivity index is 1.65. The van der Waals surface area contributed by atoms with Crippen molar-refractivity contribution in [1.29, 1.82) is 0 Å². The summed E-state index contributed by atoms with van der Waals surface area (Å²) >= 11 is 0. The molecule has 3 rings (SSSR count). The minimum Gasteiger partial charge on any atom is -0.392 e. The van der Waals surface area contributed by atoms with Crippen LogP contribution in [0.1, 0.15) is 31.2 Å². The van der Waals surface area contributed by atoms with Gasteiger partial charge in [-0.15, -0.1) is 0 Å². The van der Waals surface area contributed by atoms with Crippen LogP contribution in [0.25, 0.3) is 0 Å². The highest BCUT2D eigenvalue weighted by Crippen LogP contribution is 2.49. The summed E-state index contributed by atoms with van der Waals surface area (Å²) in [6.45, 7) is 0. The highest BCUT2D eigenvalue weighted by molar-refractivity contribution is 5.17. The SMILES string of the molecule is OC(Cc1cccc(F)c1)C1CC2CCC1C2. The normalized spacial score (nSPS) is 32.9. The van der Waals surface area contributed by atoms with Crippen LogP contribution < -0.4 is 0 Å². The second kappa shape index (κ2) is 4.41. The fraction of sp³-hybridized carbons (Fsp3) is 0.600. The van der Waals surface area contributed by atoms with Crippen LogP contribution in [0.15, 0.2) is 24.3 Å². The molecule has 0 radical (unpaired) electrons. The van der Waals surface area contributed by atoms with Gasteiger partial charge >= 0.3 is 0 Å². The third-order valence-corrected chi connectivity index (χ3v) is 4.62. The van der Waals surface area contributed by atoms with Gasteiger partial charge in [-0.25, -0.2) is 4.39 Å². The summed E-state index contributed by atoms with van der Waals surface area (Å²) in [7, 11) is 0. The first-order valence-corrected chi connectivity index (χ1v) is 6.65. The van der Waals surface area contributed by atoms with Crippen LogP contribution in [0.4, 0.5) is 4.39 Å². The number of aliphatic hydroxyl groups excluding tert-OH is 1. The van der Waals surface area contributed by atoms with E-state index in [-0.39, 0.29) is 11.9 Å². The van der Waals surface area contributed by atoms with Gasteiger partial charge in [-0.2, -0.15) is 0 Å². The number of aliphatic hydroxyl groups is 1. The molecule has 2 fully saturated rings. The molecule has 0 amide bonds. The number of rotatable bonds is 3. The molecule has 0 aromatic heterocycles. The van der Waals surface area contributed by atoms with Crippen LogP contribution in [0.5, 0.6) is 0 Å². The number of hydrogen-bond donors (Lipinski definition) is 1. The lowest BCUT2D eigenvalue weighted by Crippen LogP contribution is -2.27. The second-order valence-corrected chi connectivity index (χ2v) is 5.74. The first-order valence-electron chi connectivity index (χ1n) is 6.65. The van der Waals surface area contributed by atoms with Gasteiger partial charge in [0, 0.05) is 0 Å². The van der Waals surface area contributed by atoms with Gasteiger partial charge < -0.3 is 5.11 Å². The molecule has 0 saturated heterocycles. The van der Waals surface area contributed by atoms with Crippen molar-refractivity contribution in [2.45, 2.75) is 38.2 Å². The minimum atomic E-state index is -0.285. The number of halogens is 1. The fourth-order valence-electron chi connectivity index (χ4n) is 3.82. The molecule has 1 aromatic rings. The van der Waals surface area contributed by atoms with E-state index < -0.39 is 0 Å². The van der Waals surface area contributed by atoms with E-state index in [4.69, 9.17) is 0 Å². The predicted octanol–water partition coefficient (Wildman–Crippen LogP) is 3.17. The van der Waals surface area contributed by atoms with Crippen molar-refractivity contribution in [3.63, 3.8) is 0 Å². The highest BCUT2D eigenvalue weighted by atomic mass is 19.1. The van der Waals surface area contributed by atoms with Crippen molar-refractivity contribution in [3.05, 3.63) is 35.6 Å². The Bertz CT molecular complexity index is 404. The molecular formula is C15H19FO. The van der Waals surface area contributed by atoms with Crippen LogP contribution in [-0.2, 0) is 6.42 Å². The fourth-order valence-corrected chi connectivity index (χ4v) is 3.82. The van der Waals surface area contributed by atoms with Crippen LogP contribution >= 0.6 is 0 Å². The lowest BCUT2D eigenvalue weighted by Gasteiger charge is -2.26. The lowest BCUT2D eigenvalue weighted by atomic mass is 9.82. The lowest BCUT2D eigenvalue weighted by molar-refractivity contribution is 0.0750. The molecule has 2 aliphatic rings. The van der Waals surface area contributed by atoms with E-state index in [9.17, 15) is 9.50 Å². The summed E-state index contributed by atoms with van der Waals surface area (Å²) in [6, 6.07) is 6.61. The third kappa shape index (κ3) is 2.23. The van der Waals surface area contributed by atoms with Crippen molar-refractivity contribution in [2.24, 2.45) is 17.8 Å². The molecule has 4 atom stereocenters. The first-order chi connectivity index (χ1) is 8.22. The topological polar surface area (TPSA) is 20.2 Å². The zero-order valence-electron chi connectivity index (χ0n) is 9.98. The van der Waals surface area contributed by atoms with Gasteiger partial charge in [-0.05, 0) is 61.1 Å². The van der Waals surface area contributed by atoms with E-state index in [0.717, 1.165) is 17.4 Å². The van der Waals surface area contributed by atoms with Gasteiger partial charge in [0.15, 0.2) is 0 Å². The van der Waals surface area contributed by atoms with Crippen LogP contribution in [0.3, 0.4) is 0 Å². The quantitative estimate of drug-likeness (QED) is 0.851. The van der Waals surface area contributed by atoms with Gasteiger partial charge in [-0.1, -0.05) is 18.6 Å². The Morgan fingerprint density at radius 1 is 1.29 bits per heavy atom. The van der Waals surface area contributed by atoms with Crippen molar-refractivity contribution in [2.75, 3.05) is 0 Å². The second-order valence-electron chi connectivity index (χ2n) is 5.74. The van der Waals surface area contributed by atoms with Crippen LogP contribution in [-0.4, -0.2) is 11.2 Å². The Hall–Kier alpha value is -0.890. The van der Waals surface area contributed by atoms with Gasteiger partial charge in [0.05, 0.1) is 6.10 Å². The van der Waals surface area contributed by atoms with Gasteiger partial charge in [0.2, 0.25) is 0 Å². The molecule has 1 nitrogen and oxygen atoms in total. The largest absolute Gasteiger partial charge is 0.392 e. The van der Waals surface area contributed by atoms with E-state index in [1.807, 2.05) is 6.07 Å². The molecular weight excluding hydrogens is 215 g/mol. The minimum absolute atomic E-state index is 0.206. The standard InChI is InChI=1S/C15H19FO/c16-13-3-1-2-10(7-13)9-15(17)14-8-11-4-5-12(14)6-11/h1-3,7,11-12,14-15,17H,4-6,8-9H2. The molecule has 2 aliphatic carbocycles. The van der Waals surface area contributed by atoms with Gasteiger partial charge in [-0.3, -0.25) is 0 Å².